The van der Waals surface area contributed by atoms with E-state index >= 15 is 0 Å². The van der Waals surface area contributed by atoms with Crippen molar-refractivity contribution in [1.29, 1.82) is 5.26 Å². The standard InChI is InChI=1S/C25H24FNO3/c1-16-3-2-4-19(11-16)22-13-18(14-23(22)25(29)30)7-10-24(28)20(15-27)12-17-5-8-21(26)9-6-17/h2-6,8-9,11-12,18,22-23H,7,10,13-14H2,1H3,(H,29,30)/b20-12+/t18?,22-,23+/m0/s1. The van der Waals surface area contributed by atoms with Crippen LogP contribution in [0, 0.1) is 35.9 Å². The molecule has 1 N–H and O–H groups in total. The molecule has 0 spiro atoms. The molecule has 1 saturated carbocycles. The molecule has 4 nitrogen and oxygen atoms in total. The van der Waals surface area contributed by atoms with E-state index < -0.39 is 11.9 Å². The van der Waals surface area contributed by atoms with Crippen LogP contribution < -0.4 is 0 Å². The molecule has 2 aromatic rings. The van der Waals surface area contributed by atoms with E-state index in [0.717, 1.165) is 17.5 Å². The van der Waals surface area contributed by atoms with Crippen LogP contribution in [-0.4, -0.2) is 16.9 Å². The first kappa shape index (κ1) is 21.4. The monoisotopic (exact) mass is 405 g/mol. The highest BCUT2D eigenvalue weighted by Gasteiger charge is 2.39. The van der Waals surface area contributed by atoms with Gasteiger partial charge in [-0.1, -0.05) is 42.0 Å². The molecule has 1 fully saturated rings. The number of aliphatic carboxylic acids is 1. The molecule has 0 heterocycles. The predicted molar refractivity (Wildman–Crippen MR) is 112 cm³/mol. The molecular weight excluding hydrogens is 381 g/mol. The van der Waals surface area contributed by atoms with Crippen LogP contribution in [0.1, 0.15) is 48.3 Å². The van der Waals surface area contributed by atoms with E-state index in [1.165, 1.54) is 30.3 Å². The van der Waals surface area contributed by atoms with Gasteiger partial charge in [0.15, 0.2) is 5.78 Å². The zero-order valence-electron chi connectivity index (χ0n) is 16.8. The molecule has 0 aromatic heterocycles. The van der Waals surface area contributed by atoms with Gasteiger partial charge >= 0.3 is 5.97 Å². The molecule has 30 heavy (non-hydrogen) atoms. The third-order valence-corrected chi connectivity index (χ3v) is 5.83. The summed E-state index contributed by atoms with van der Waals surface area (Å²) in [5, 5.41) is 19.0. The lowest BCUT2D eigenvalue weighted by Crippen LogP contribution is -2.16. The van der Waals surface area contributed by atoms with Gasteiger partial charge in [-0.3, -0.25) is 9.59 Å². The molecule has 3 atom stereocenters. The van der Waals surface area contributed by atoms with Gasteiger partial charge in [0, 0.05) is 6.42 Å². The number of rotatable bonds is 7. The van der Waals surface area contributed by atoms with Gasteiger partial charge in [0.1, 0.15) is 11.9 Å². The van der Waals surface area contributed by atoms with E-state index in [2.05, 4.69) is 0 Å². The number of hydrogen-bond donors (Lipinski definition) is 1. The largest absolute Gasteiger partial charge is 0.481 e. The second-order valence-electron chi connectivity index (χ2n) is 7.99. The normalized spacial score (nSPS) is 21.2. The molecule has 1 aliphatic rings. The van der Waals surface area contributed by atoms with Crippen molar-refractivity contribution in [3.63, 3.8) is 0 Å². The van der Waals surface area contributed by atoms with E-state index in [0.29, 0.717) is 18.4 Å². The van der Waals surface area contributed by atoms with Crippen LogP contribution in [0.25, 0.3) is 6.08 Å². The number of allylic oxidation sites excluding steroid dienone is 1. The van der Waals surface area contributed by atoms with E-state index in [4.69, 9.17) is 0 Å². The number of carboxylic acids is 1. The maximum atomic E-state index is 13.0. The summed E-state index contributed by atoms with van der Waals surface area (Å²) < 4.78 is 13.0. The lowest BCUT2D eigenvalue weighted by molar-refractivity contribution is -0.142. The molecule has 5 heteroatoms. The zero-order chi connectivity index (χ0) is 21.7. The quantitative estimate of drug-likeness (QED) is 0.502. The second-order valence-corrected chi connectivity index (χ2v) is 7.99. The number of hydrogen-bond acceptors (Lipinski definition) is 3. The first-order valence-electron chi connectivity index (χ1n) is 10.1. The first-order valence-corrected chi connectivity index (χ1v) is 10.1. The van der Waals surface area contributed by atoms with Gasteiger partial charge in [0.05, 0.1) is 11.5 Å². The van der Waals surface area contributed by atoms with Crippen LogP contribution in [0.4, 0.5) is 4.39 Å². The van der Waals surface area contributed by atoms with E-state index in [1.54, 1.807) is 0 Å². The van der Waals surface area contributed by atoms with Crippen molar-refractivity contribution >= 4 is 17.8 Å². The average Bonchev–Trinajstić information content (AvgIpc) is 3.16. The molecule has 1 unspecified atom stereocenters. The van der Waals surface area contributed by atoms with Gasteiger partial charge in [-0.15, -0.1) is 0 Å². The number of Topliss-reactive ketones (excluding diaryl/α,β-unsaturated/α-hetero) is 1. The van der Waals surface area contributed by atoms with Gasteiger partial charge in [-0.2, -0.15) is 5.26 Å². The van der Waals surface area contributed by atoms with Gasteiger partial charge < -0.3 is 5.11 Å². The molecule has 2 aromatic carbocycles. The Labute approximate surface area is 175 Å². The molecule has 154 valence electrons. The lowest BCUT2D eigenvalue weighted by Gasteiger charge is -2.16. The van der Waals surface area contributed by atoms with Crippen LogP contribution >= 0.6 is 0 Å². The fraction of sp³-hybridized carbons (Fsp3) is 0.320. The molecule has 0 bridgehead atoms. The highest BCUT2D eigenvalue weighted by Crippen LogP contribution is 2.45. The second kappa shape index (κ2) is 9.49. The summed E-state index contributed by atoms with van der Waals surface area (Å²) in [5.41, 5.74) is 2.75. The maximum absolute atomic E-state index is 13.0. The number of halogens is 1. The third kappa shape index (κ3) is 5.21. The van der Waals surface area contributed by atoms with Gasteiger partial charge in [-0.25, -0.2) is 4.39 Å². The summed E-state index contributed by atoms with van der Waals surface area (Å²) in [4.78, 5) is 24.3. The maximum Gasteiger partial charge on any atom is 0.307 e. The number of carbonyl (C=O) groups is 2. The van der Waals surface area contributed by atoms with Gasteiger partial charge in [0.2, 0.25) is 0 Å². The van der Waals surface area contributed by atoms with Crippen molar-refractivity contribution in [3.05, 3.63) is 76.6 Å². The van der Waals surface area contributed by atoms with Crippen LogP contribution in [-0.2, 0) is 9.59 Å². The summed E-state index contributed by atoms with van der Waals surface area (Å²) in [5.74, 6) is -1.86. The highest BCUT2D eigenvalue weighted by atomic mass is 19.1. The molecule has 0 saturated heterocycles. The molecule has 0 amide bonds. The Balaban J connectivity index is 1.66. The Bertz CT molecular complexity index is 1000. The van der Waals surface area contributed by atoms with Crippen LogP contribution in [0.5, 0.6) is 0 Å². The zero-order valence-corrected chi connectivity index (χ0v) is 16.8. The highest BCUT2D eigenvalue weighted by molar-refractivity contribution is 6.03. The first-order chi connectivity index (χ1) is 14.4. The topological polar surface area (TPSA) is 78.2 Å². The Hall–Kier alpha value is -3.26. The summed E-state index contributed by atoms with van der Waals surface area (Å²) in [7, 11) is 0. The number of ketones is 1. The number of nitriles is 1. The predicted octanol–water partition coefficient (Wildman–Crippen LogP) is 5.29. The summed E-state index contributed by atoms with van der Waals surface area (Å²) in [6, 6.07) is 15.5. The molecule has 0 radical (unpaired) electrons. The summed E-state index contributed by atoms with van der Waals surface area (Å²) in [6.07, 6.45) is 3.46. The number of carbonyl (C=O) groups excluding carboxylic acids is 1. The van der Waals surface area contributed by atoms with E-state index in [9.17, 15) is 24.3 Å². The fourth-order valence-corrected chi connectivity index (χ4v) is 4.29. The van der Waals surface area contributed by atoms with Crippen LogP contribution in [0.15, 0.2) is 54.1 Å². The fourth-order valence-electron chi connectivity index (χ4n) is 4.29. The van der Waals surface area contributed by atoms with Crippen molar-refractivity contribution < 1.29 is 19.1 Å². The van der Waals surface area contributed by atoms with E-state index in [-0.39, 0.29) is 35.4 Å². The molecule has 1 aliphatic carbocycles. The third-order valence-electron chi connectivity index (χ3n) is 5.83. The summed E-state index contributed by atoms with van der Waals surface area (Å²) in [6.45, 7) is 1.99. The van der Waals surface area contributed by atoms with Crippen molar-refractivity contribution in [1.82, 2.24) is 0 Å². The van der Waals surface area contributed by atoms with Gasteiger partial charge in [0.25, 0.3) is 0 Å². The smallest absolute Gasteiger partial charge is 0.307 e. The number of benzene rings is 2. The SMILES string of the molecule is Cc1cccc([C@@H]2CC(CCC(=O)/C(C#N)=C/c3ccc(F)cc3)C[C@H]2C(=O)O)c1. The van der Waals surface area contributed by atoms with Gasteiger partial charge in [-0.05, 0) is 67.4 Å². The van der Waals surface area contributed by atoms with Crippen LogP contribution in [0.3, 0.4) is 0 Å². The van der Waals surface area contributed by atoms with Crippen molar-refractivity contribution in [2.24, 2.45) is 11.8 Å². The minimum Gasteiger partial charge on any atom is -0.481 e. The van der Waals surface area contributed by atoms with E-state index in [1.807, 2.05) is 37.3 Å². The average molecular weight is 405 g/mol. The Morgan fingerprint density at radius 1 is 1.20 bits per heavy atom. The minimum absolute atomic E-state index is 0.0321. The van der Waals surface area contributed by atoms with Crippen molar-refractivity contribution in [2.45, 2.75) is 38.5 Å². The van der Waals surface area contributed by atoms with Crippen molar-refractivity contribution in [2.75, 3.05) is 0 Å². The summed E-state index contributed by atoms with van der Waals surface area (Å²) >= 11 is 0. The lowest BCUT2D eigenvalue weighted by atomic mass is 9.88. The Kier molecular flexibility index (Phi) is 6.79. The van der Waals surface area contributed by atoms with Crippen molar-refractivity contribution in [3.8, 4) is 6.07 Å². The van der Waals surface area contributed by atoms with Crippen LogP contribution in [0.2, 0.25) is 0 Å². The molecule has 3 rings (SSSR count). The molecule has 0 aliphatic heterocycles. The molecular formula is C25H24FNO3. The number of carboxylic acid groups (broad SMARTS) is 1. The number of aryl methyl sites for hydroxylation is 1. The Morgan fingerprint density at radius 3 is 2.57 bits per heavy atom. The minimum atomic E-state index is -0.802. The number of nitrogens with zero attached hydrogens (tertiary/aromatic N) is 1. The Morgan fingerprint density at radius 2 is 1.93 bits per heavy atom.